The molecule has 1 N–H and O–H groups in total. The Bertz CT molecular complexity index is 4480. The van der Waals surface area contributed by atoms with Crippen molar-refractivity contribution >= 4 is 99.0 Å². The standard InChI is InChI=1S/C26H32O6S.C21H24O2S2.C14H14OS.2C11H14OS.C10H12OS/c1-5-26(4,24(30)31-21-11-7-6-10-19(21)27)17-25(2,3)23(29)32-22-16-18(12-13-20(22)28)33-14-8-9-15-33;22-20-7-5-18(24-9-1-2-10-24)14-16(20)13-17-15-19(6-8-21(17)23)25-11-3-4-12-25;15-13-7-8-14(16-9-3-4-10-16)12-6-2-1-5-11(12)13;1-9-8-10(4-5-11(9)12)13-6-2-3-7-13;1-9-8-10(12)4-5-11(9)13-6-2-3-7-13;11-9-3-5-10(6-4-9)12-7-1-2-8-12/h6-7,10-13,16H,5,8-9,14-15,17H2,1-4H3,(H-,27,28);5-8,14-15H,1-4,9-13H2;1-2,5-8H,3-4,9-10H2;2*4-5,8H,2-3,6-7H2,1H3;3-6H,1-2,7-8H2. The van der Waals surface area contributed by atoms with Gasteiger partial charge in [-0.2, -0.15) is 0 Å². The summed E-state index contributed by atoms with van der Waals surface area (Å²) in [4.78, 5) is 35.4. The second-order valence-electron chi connectivity index (χ2n) is 30.7. The summed E-state index contributed by atoms with van der Waals surface area (Å²) >= 11 is 0. The maximum atomic E-state index is 13.1. The van der Waals surface area contributed by atoms with Gasteiger partial charge in [0.15, 0.2) is 45.8 Å². The number of rotatable bonds is 16. The molecule has 0 amide bonds. The maximum absolute atomic E-state index is 13.1. The fourth-order valence-corrected chi connectivity index (χ4v) is 31.9. The number of aryl methyl sites for hydroxylation is 2. The molecule has 7 saturated heterocycles. The third-order valence-electron chi connectivity index (χ3n) is 21.8. The Kier molecular flexibility index (Phi) is 31.9. The van der Waals surface area contributed by atoms with Crippen molar-refractivity contribution in [2.45, 2.75) is 185 Å². The van der Waals surface area contributed by atoms with Crippen LogP contribution in [0.2, 0.25) is 0 Å². The quantitative estimate of drug-likeness (QED) is 0.0540. The maximum Gasteiger partial charge on any atom is 0.317 e. The fraction of sp³-hybridized carbons (Fsp3) is 0.419. The molecule has 12 nitrogen and oxygen atoms in total. The number of ether oxygens (including phenoxy) is 2. The normalized spacial score (nSPS) is 17.6. The molecule has 9 aromatic carbocycles. The number of fused-ring (bicyclic) bond motifs is 1. The van der Waals surface area contributed by atoms with Crippen LogP contribution >= 0.6 is 0 Å². The topological polar surface area (TPSA) is 234 Å². The Morgan fingerprint density at radius 3 is 1.21 bits per heavy atom. The van der Waals surface area contributed by atoms with E-state index in [1.54, 1.807) is 87.5 Å². The first kappa shape index (κ1) is 85.9. The van der Waals surface area contributed by atoms with Gasteiger partial charge in [0.2, 0.25) is 0 Å². The number of para-hydroxylation sites is 2. The Balaban J connectivity index is 0.000000139. The third-order valence-corrected chi connectivity index (χ3v) is 39.4. The van der Waals surface area contributed by atoms with Gasteiger partial charge in [-0.05, 0) is 245 Å². The van der Waals surface area contributed by atoms with Crippen molar-refractivity contribution in [2.75, 3.05) is 80.5 Å². The van der Waals surface area contributed by atoms with Gasteiger partial charge in [-0.3, -0.25) is 9.59 Å². The summed E-state index contributed by atoms with van der Waals surface area (Å²) in [6.45, 7) is 10.9. The van der Waals surface area contributed by atoms with E-state index in [4.69, 9.17) is 9.47 Å². The molecule has 0 radical (unpaired) electrons. The van der Waals surface area contributed by atoms with Gasteiger partial charge in [-0.15, -0.1) is 34.5 Å². The van der Waals surface area contributed by atoms with E-state index in [0.717, 1.165) is 38.5 Å². The van der Waals surface area contributed by atoms with Crippen LogP contribution in [0.15, 0.2) is 210 Å². The first-order valence-corrected chi connectivity index (χ1v) is 50.8. The van der Waals surface area contributed by atoms with Crippen LogP contribution in [-0.2, 0) is 92.3 Å². The summed E-state index contributed by atoms with van der Waals surface area (Å²) in [5, 5.41) is 93.9. The van der Waals surface area contributed by atoms with Crippen LogP contribution in [0.25, 0.3) is 10.8 Å². The van der Waals surface area contributed by atoms with Gasteiger partial charge in [-0.1, -0.05) is 103 Å². The van der Waals surface area contributed by atoms with Crippen molar-refractivity contribution in [1.82, 2.24) is 0 Å². The molecule has 16 rings (SSSR count). The highest BCUT2D eigenvalue weighted by atomic mass is 32.2. The van der Waals surface area contributed by atoms with E-state index in [-0.39, 0.29) is 74.8 Å². The van der Waals surface area contributed by atoms with Crippen molar-refractivity contribution < 1.29 is 59.9 Å². The Morgan fingerprint density at radius 2 is 0.732 bits per heavy atom. The van der Waals surface area contributed by atoms with Crippen molar-refractivity contribution in [2.24, 2.45) is 10.8 Å². The molecule has 7 aliphatic rings. The predicted octanol–water partition coefficient (Wildman–Crippen LogP) is 15.4. The van der Waals surface area contributed by atoms with E-state index in [1.165, 1.54) is 217 Å². The van der Waals surface area contributed by atoms with E-state index < -0.39 is 22.8 Å². The highest BCUT2D eigenvalue weighted by Gasteiger charge is 2.44. The number of carbonyl (C=O) groups is 2. The van der Waals surface area contributed by atoms with Crippen molar-refractivity contribution in [1.29, 1.82) is 0 Å². The largest absolute Gasteiger partial charge is 0.872 e. The fourth-order valence-electron chi connectivity index (χ4n) is 15.2. The average molecular weight is 1640 g/mol. The number of phenolic OH excluding ortho intramolecular Hbond substituents is 1. The van der Waals surface area contributed by atoms with Crippen LogP contribution < -0.4 is 45.2 Å². The molecule has 0 spiro atoms. The highest BCUT2D eigenvalue weighted by molar-refractivity contribution is 7.98. The summed E-state index contributed by atoms with van der Waals surface area (Å²) in [6, 6.07) is 53.4. The minimum atomic E-state index is -1.05. The van der Waals surface area contributed by atoms with E-state index in [2.05, 4.69) is 37.3 Å². The minimum absolute atomic E-state index is 0.0416. The Hall–Kier alpha value is -6.97. The summed E-state index contributed by atoms with van der Waals surface area (Å²) in [5.41, 5.74) is 1.62. The van der Waals surface area contributed by atoms with Gasteiger partial charge in [0.25, 0.3) is 0 Å². The molecule has 19 heteroatoms. The summed E-state index contributed by atoms with van der Waals surface area (Å²) < 4.78 is 11.0. The first-order chi connectivity index (χ1) is 54.0. The molecule has 1 atom stereocenters. The van der Waals surface area contributed by atoms with Crippen LogP contribution in [0.5, 0.6) is 57.5 Å². The van der Waals surface area contributed by atoms with Crippen LogP contribution in [0.1, 0.15) is 153 Å². The van der Waals surface area contributed by atoms with Crippen LogP contribution in [0.4, 0.5) is 0 Å². The van der Waals surface area contributed by atoms with Gasteiger partial charge < -0.3 is 50.3 Å². The molecule has 0 saturated carbocycles. The summed E-state index contributed by atoms with van der Waals surface area (Å²) in [6.07, 6.45) is 19.5. The number of benzene rings is 9. The molecule has 7 heterocycles. The summed E-state index contributed by atoms with van der Waals surface area (Å²) in [5.74, 6) is 17.1. The van der Waals surface area contributed by atoms with Crippen LogP contribution in [0, 0.1) is 24.7 Å². The van der Waals surface area contributed by atoms with E-state index in [0.29, 0.717) is 78.2 Å². The van der Waals surface area contributed by atoms with Gasteiger partial charge in [0.1, 0.15) is 86.3 Å². The number of esters is 2. The van der Waals surface area contributed by atoms with Crippen molar-refractivity contribution in [3.8, 4) is 57.5 Å². The number of hydrogen-bond donors (Lipinski definition) is 1. The van der Waals surface area contributed by atoms with Gasteiger partial charge >= 0.3 is 11.9 Å². The smallest absolute Gasteiger partial charge is 0.317 e. The van der Waals surface area contributed by atoms with Crippen LogP contribution in [0.3, 0.4) is 0 Å². The zero-order valence-electron chi connectivity index (χ0n) is 66.0. The number of aromatic hydroxyl groups is 1. The molecule has 0 bridgehead atoms. The lowest BCUT2D eigenvalue weighted by molar-refractivity contribution is -0.271. The molecule has 7 fully saturated rings. The molecule has 0 aliphatic carbocycles. The monoisotopic (exact) mass is 1640 g/mol. The lowest BCUT2D eigenvalue weighted by Gasteiger charge is -2.33. The SMILES string of the molecule is CCC(C)(CC(C)(C)C(=O)Oc1cc([S+]2CCCC2)ccc1[O-])C(=O)Oc1ccccc1O.Cc1cc([O-])ccc1[S+]1CCCC1.Cc1cc([S+]2CCCC2)ccc1[O-].[O-]c1ccc([S+]2CCCC2)c2ccccc12.[O-]c1ccc([S+]2CCCC2)cc1.[O-]c1ccc([S+]2CCCC2)cc1Cc1cc([S+]2CCCC2)ccc1[O-]. The Labute approximate surface area is 685 Å². The number of phenols is 1. The lowest BCUT2D eigenvalue weighted by Crippen LogP contribution is -2.40. The molecular weight excluding hydrogens is 1530 g/mol. The molecule has 596 valence electrons. The number of carbonyl (C=O) groups excluding carboxylic acids is 2. The predicted molar refractivity (Wildman–Crippen MR) is 459 cm³/mol. The zero-order chi connectivity index (χ0) is 79.3. The minimum Gasteiger partial charge on any atom is -0.872 e. The zero-order valence-corrected chi connectivity index (χ0v) is 71.7. The molecule has 112 heavy (non-hydrogen) atoms. The van der Waals surface area contributed by atoms with E-state index in [1.807, 2.05) is 74.5 Å². The van der Waals surface area contributed by atoms with Crippen molar-refractivity contribution in [3.05, 3.63) is 198 Å². The average Bonchev–Trinajstić information content (AvgIpc) is 1.22. The van der Waals surface area contributed by atoms with E-state index in [9.17, 15) is 50.4 Å². The molecule has 0 aromatic heterocycles. The van der Waals surface area contributed by atoms with Crippen LogP contribution in [-0.4, -0.2) is 97.6 Å². The summed E-state index contributed by atoms with van der Waals surface area (Å²) in [7, 11) is 2.46. The van der Waals surface area contributed by atoms with Crippen molar-refractivity contribution in [3.63, 3.8) is 0 Å². The third kappa shape index (κ3) is 23.6. The molecule has 9 aromatic rings. The Morgan fingerprint density at radius 1 is 0.357 bits per heavy atom. The van der Waals surface area contributed by atoms with Gasteiger partial charge in [-0.25, -0.2) is 0 Å². The second-order valence-corrected chi connectivity index (χ2v) is 46.6. The lowest BCUT2D eigenvalue weighted by atomic mass is 9.72. The molecular formula is C93H110O12S7. The van der Waals surface area contributed by atoms with Gasteiger partial charge in [0, 0.05) is 93.3 Å². The number of hydrogen-bond acceptors (Lipinski definition) is 12. The highest BCUT2D eigenvalue weighted by Crippen LogP contribution is 2.42. The van der Waals surface area contributed by atoms with Gasteiger partial charge in [0.05, 0.1) is 10.8 Å². The second kappa shape index (κ2) is 41.5. The molecule has 7 aliphatic heterocycles. The molecule has 1 unspecified atom stereocenters. The van der Waals surface area contributed by atoms with E-state index >= 15 is 0 Å². The first-order valence-electron chi connectivity index (χ1n) is 39.9.